The molecular formula is C17H16N2O3S. The van der Waals surface area contributed by atoms with E-state index in [1.54, 1.807) is 24.3 Å². The van der Waals surface area contributed by atoms with Gasteiger partial charge in [-0.2, -0.15) is 5.26 Å². The number of benzene rings is 1. The Labute approximate surface area is 138 Å². The molecule has 0 bridgehead atoms. The first-order valence-corrected chi connectivity index (χ1v) is 7.77. The van der Waals surface area contributed by atoms with Gasteiger partial charge in [-0.25, -0.2) is 4.79 Å². The minimum Gasteiger partial charge on any atom is -0.457 e. The number of hydrogen-bond donors (Lipinski definition) is 1. The van der Waals surface area contributed by atoms with E-state index in [1.807, 2.05) is 19.9 Å². The topological polar surface area (TPSA) is 79.2 Å². The number of amides is 1. The summed E-state index contributed by atoms with van der Waals surface area (Å²) in [4.78, 5) is 24.6. The van der Waals surface area contributed by atoms with Crippen molar-refractivity contribution in [1.29, 1.82) is 5.26 Å². The number of nitrogens with one attached hydrogen (secondary N) is 1. The zero-order chi connectivity index (χ0) is 17.0. The van der Waals surface area contributed by atoms with Crippen LogP contribution in [0, 0.1) is 25.2 Å². The SMILES string of the molecule is CC(=O)Nc1sc(C)c(C)c1C(=O)OCc1cccc(C#N)c1. The van der Waals surface area contributed by atoms with E-state index in [2.05, 4.69) is 5.32 Å². The van der Waals surface area contributed by atoms with Gasteiger partial charge in [0.25, 0.3) is 0 Å². The molecule has 2 aromatic rings. The number of hydrogen-bond acceptors (Lipinski definition) is 5. The van der Waals surface area contributed by atoms with Gasteiger partial charge in [-0.3, -0.25) is 4.79 Å². The average molecular weight is 328 g/mol. The number of nitriles is 1. The Morgan fingerprint density at radius 3 is 2.74 bits per heavy atom. The van der Waals surface area contributed by atoms with Crippen LogP contribution in [-0.2, 0) is 16.1 Å². The molecule has 1 N–H and O–H groups in total. The molecule has 0 aliphatic carbocycles. The van der Waals surface area contributed by atoms with Gasteiger partial charge in [-0.1, -0.05) is 12.1 Å². The molecule has 0 atom stereocenters. The molecule has 1 heterocycles. The second kappa shape index (κ2) is 7.07. The molecule has 118 valence electrons. The zero-order valence-corrected chi connectivity index (χ0v) is 13.9. The molecule has 0 saturated carbocycles. The minimum absolute atomic E-state index is 0.0716. The maximum absolute atomic E-state index is 12.4. The van der Waals surface area contributed by atoms with Crippen molar-refractivity contribution in [3.05, 3.63) is 51.4 Å². The molecule has 0 aliphatic rings. The molecule has 1 aromatic heterocycles. The normalized spacial score (nSPS) is 10.0. The van der Waals surface area contributed by atoms with Crippen molar-refractivity contribution in [2.24, 2.45) is 0 Å². The molecule has 1 amide bonds. The number of anilines is 1. The lowest BCUT2D eigenvalue weighted by Crippen LogP contribution is -2.12. The van der Waals surface area contributed by atoms with Gasteiger partial charge in [0.15, 0.2) is 0 Å². The predicted molar refractivity (Wildman–Crippen MR) is 88.4 cm³/mol. The number of ether oxygens (including phenoxy) is 1. The van der Waals surface area contributed by atoms with Gasteiger partial charge < -0.3 is 10.1 Å². The Hall–Kier alpha value is -2.65. The van der Waals surface area contributed by atoms with E-state index < -0.39 is 5.97 Å². The lowest BCUT2D eigenvalue weighted by atomic mass is 10.1. The van der Waals surface area contributed by atoms with Crippen molar-refractivity contribution in [2.45, 2.75) is 27.4 Å². The van der Waals surface area contributed by atoms with E-state index in [4.69, 9.17) is 10.00 Å². The molecule has 1 aromatic carbocycles. The number of aryl methyl sites for hydroxylation is 1. The van der Waals surface area contributed by atoms with Crippen LogP contribution in [0.1, 0.15) is 38.8 Å². The summed E-state index contributed by atoms with van der Waals surface area (Å²) < 4.78 is 5.34. The van der Waals surface area contributed by atoms with Gasteiger partial charge >= 0.3 is 5.97 Å². The molecule has 0 radical (unpaired) electrons. The number of carbonyl (C=O) groups is 2. The maximum Gasteiger partial charge on any atom is 0.341 e. The summed E-state index contributed by atoms with van der Waals surface area (Å²) in [6.45, 7) is 5.18. The molecular weight excluding hydrogens is 312 g/mol. The lowest BCUT2D eigenvalue weighted by molar-refractivity contribution is -0.114. The first kappa shape index (κ1) is 16.7. The largest absolute Gasteiger partial charge is 0.457 e. The third kappa shape index (κ3) is 3.96. The Morgan fingerprint density at radius 2 is 2.09 bits per heavy atom. The molecule has 23 heavy (non-hydrogen) atoms. The fraction of sp³-hybridized carbons (Fsp3) is 0.235. The Balaban J connectivity index is 2.17. The van der Waals surface area contributed by atoms with Crippen molar-refractivity contribution in [3.8, 4) is 6.07 Å². The fourth-order valence-electron chi connectivity index (χ4n) is 2.07. The van der Waals surface area contributed by atoms with Gasteiger partial charge in [0.1, 0.15) is 11.6 Å². The van der Waals surface area contributed by atoms with E-state index in [-0.39, 0.29) is 12.5 Å². The van der Waals surface area contributed by atoms with E-state index in [0.717, 1.165) is 16.0 Å². The molecule has 2 rings (SSSR count). The van der Waals surface area contributed by atoms with Gasteiger partial charge in [-0.15, -0.1) is 11.3 Å². The summed E-state index contributed by atoms with van der Waals surface area (Å²) in [6.07, 6.45) is 0. The van der Waals surface area contributed by atoms with Crippen molar-refractivity contribution in [2.75, 3.05) is 5.32 Å². The average Bonchev–Trinajstić information content (AvgIpc) is 2.79. The summed E-state index contributed by atoms with van der Waals surface area (Å²) in [6, 6.07) is 8.93. The molecule has 6 heteroatoms. The van der Waals surface area contributed by atoms with Crippen LogP contribution < -0.4 is 5.32 Å². The molecule has 0 aliphatic heterocycles. The Morgan fingerprint density at radius 1 is 1.35 bits per heavy atom. The smallest absolute Gasteiger partial charge is 0.341 e. The summed E-state index contributed by atoms with van der Waals surface area (Å²) in [5.74, 6) is -0.722. The zero-order valence-electron chi connectivity index (χ0n) is 13.1. The first-order valence-electron chi connectivity index (χ1n) is 6.96. The highest BCUT2D eigenvalue weighted by Crippen LogP contribution is 2.33. The maximum atomic E-state index is 12.4. The van der Waals surface area contributed by atoms with Crippen LogP contribution in [-0.4, -0.2) is 11.9 Å². The molecule has 0 saturated heterocycles. The standard InChI is InChI=1S/C17H16N2O3S/c1-10-11(2)23-16(19-12(3)20)15(10)17(21)22-9-14-6-4-5-13(7-14)8-18/h4-7H,9H2,1-3H3,(H,19,20). The van der Waals surface area contributed by atoms with E-state index in [9.17, 15) is 9.59 Å². The highest BCUT2D eigenvalue weighted by Gasteiger charge is 2.21. The monoisotopic (exact) mass is 328 g/mol. The first-order chi connectivity index (χ1) is 10.9. The second-order valence-corrected chi connectivity index (χ2v) is 6.28. The number of thiophene rings is 1. The predicted octanol–water partition coefficient (Wildman–Crippen LogP) is 3.55. The quantitative estimate of drug-likeness (QED) is 0.870. The third-order valence-corrected chi connectivity index (χ3v) is 4.43. The van der Waals surface area contributed by atoms with E-state index in [1.165, 1.54) is 18.3 Å². The van der Waals surface area contributed by atoms with Gasteiger partial charge in [0.05, 0.1) is 17.2 Å². The van der Waals surface area contributed by atoms with E-state index in [0.29, 0.717) is 16.1 Å². The number of esters is 1. The van der Waals surface area contributed by atoms with Crippen molar-refractivity contribution in [1.82, 2.24) is 0 Å². The summed E-state index contributed by atoms with van der Waals surface area (Å²) >= 11 is 1.35. The summed E-state index contributed by atoms with van der Waals surface area (Å²) in [5, 5.41) is 12.1. The van der Waals surface area contributed by atoms with Crippen molar-refractivity contribution in [3.63, 3.8) is 0 Å². The van der Waals surface area contributed by atoms with Crippen LogP contribution in [0.4, 0.5) is 5.00 Å². The fourth-order valence-corrected chi connectivity index (χ4v) is 3.17. The van der Waals surface area contributed by atoms with Gasteiger partial charge in [0, 0.05) is 11.8 Å². The number of nitrogens with zero attached hydrogens (tertiary/aromatic N) is 1. The number of rotatable bonds is 4. The highest BCUT2D eigenvalue weighted by atomic mass is 32.1. The summed E-state index contributed by atoms with van der Waals surface area (Å²) in [7, 11) is 0. The molecule has 0 spiro atoms. The third-order valence-electron chi connectivity index (χ3n) is 3.31. The van der Waals surface area contributed by atoms with Crippen LogP contribution >= 0.6 is 11.3 Å². The second-order valence-electron chi connectivity index (χ2n) is 5.06. The number of carbonyl (C=O) groups excluding carboxylic acids is 2. The van der Waals surface area contributed by atoms with Crippen LogP contribution in [0.15, 0.2) is 24.3 Å². The Bertz CT molecular complexity index is 803. The van der Waals surface area contributed by atoms with Crippen LogP contribution in [0.5, 0.6) is 0 Å². The van der Waals surface area contributed by atoms with Crippen molar-refractivity contribution < 1.29 is 14.3 Å². The highest BCUT2D eigenvalue weighted by molar-refractivity contribution is 7.16. The van der Waals surface area contributed by atoms with Crippen molar-refractivity contribution >= 4 is 28.2 Å². The summed E-state index contributed by atoms with van der Waals surface area (Å²) in [5.41, 5.74) is 2.44. The van der Waals surface area contributed by atoms with Crippen LogP contribution in [0.3, 0.4) is 0 Å². The molecule has 0 unspecified atom stereocenters. The minimum atomic E-state index is -0.488. The Kier molecular flexibility index (Phi) is 5.14. The van der Waals surface area contributed by atoms with E-state index >= 15 is 0 Å². The van der Waals surface area contributed by atoms with Crippen LogP contribution in [0.2, 0.25) is 0 Å². The van der Waals surface area contributed by atoms with Gasteiger partial charge in [-0.05, 0) is 37.1 Å². The van der Waals surface area contributed by atoms with Crippen LogP contribution in [0.25, 0.3) is 0 Å². The lowest BCUT2D eigenvalue weighted by Gasteiger charge is -2.07. The van der Waals surface area contributed by atoms with Gasteiger partial charge in [0.2, 0.25) is 5.91 Å². The molecule has 0 fully saturated rings. The molecule has 5 nitrogen and oxygen atoms in total.